The number of carbonyl (C=O) groups excluding carboxylic acids is 1. The lowest BCUT2D eigenvalue weighted by Gasteiger charge is -2.36. The maximum atomic E-state index is 12.4. The normalized spacial score (nSPS) is 18.9. The van der Waals surface area contributed by atoms with Crippen LogP contribution in [0.2, 0.25) is 0 Å². The second-order valence-electron chi connectivity index (χ2n) is 7.69. The summed E-state index contributed by atoms with van der Waals surface area (Å²) in [6, 6.07) is 14.1. The SMILES string of the molecule is C[C@H]1CN(c2ccc(NC(=O)Cc3csc(Cc4ccccc4)n3)cn2)C[C@H](C)O1. The van der Waals surface area contributed by atoms with E-state index >= 15 is 0 Å². The van der Waals surface area contributed by atoms with E-state index in [1.807, 2.05) is 35.7 Å². The summed E-state index contributed by atoms with van der Waals surface area (Å²) in [5.41, 5.74) is 2.71. The Morgan fingerprint density at radius 3 is 2.63 bits per heavy atom. The zero-order valence-corrected chi connectivity index (χ0v) is 18.1. The van der Waals surface area contributed by atoms with E-state index in [2.05, 4.69) is 46.2 Å². The lowest BCUT2D eigenvalue weighted by Crippen LogP contribution is -2.45. The average Bonchev–Trinajstić information content (AvgIpc) is 3.15. The first-order valence-electron chi connectivity index (χ1n) is 10.2. The smallest absolute Gasteiger partial charge is 0.230 e. The van der Waals surface area contributed by atoms with Gasteiger partial charge in [0.25, 0.3) is 0 Å². The summed E-state index contributed by atoms with van der Waals surface area (Å²) in [6.07, 6.45) is 3.11. The van der Waals surface area contributed by atoms with E-state index in [0.29, 0.717) is 5.69 Å². The van der Waals surface area contributed by atoms with Crippen LogP contribution in [0.1, 0.15) is 30.1 Å². The van der Waals surface area contributed by atoms with Gasteiger partial charge in [0.2, 0.25) is 5.91 Å². The van der Waals surface area contributed by atoms with Crippen LogP contribution in [0.15, 0.2) is 54.0 Å². The third-order valence-electron chi connectivity index (χ3n) is 4.91. The summed E-state index contributed by atoms with van der Waals surface area (Å²) >= 11 is 1.59. The third kappa shape index (κ3) is 5.43. The van der Waals surface area contributed by atoms with E-state index in [4.69, 9.17) is 4.74 Å². The number of amides is 1. The van der Waals surface area contributed by atoms with Crippen molar-refractivity contribution in [1.82, 2.24) is 9.97 Å². The molecule has 1 N–H and O–H groups in total. The lowest BCUT2D eigenvalue weighted by molar-refractivity contribution is -0.115. The van der Waals surface area contributed by atoms with Gasteiger partial charge in [0.15, 0.2) is 0 Å². The number of rotatable bonds is 6. The molecule has 1 aromatic carbocycles. The number of thiazole rings is 1. The Morgan fingerprint density at radius 1 is 1.17 bits per heavy atom. The number of carbonyl (C=O) groups is 1. The molecule has 0 radical (unpaired) electrons. The molecule has 1 fully saturated rings. The zero-order valence-electron chi connectivity index (χ0n) is 17.2. The van der Waals surface area contributed by atoms with Gasteiger partial charge < -0.3 is 15.0 Å². The number of hydrogen-bond donors (Lipinski definition) is 1. The Labute approximate surface area is 180 Å². The number of nitrogens with zero attached hydrogens (tertiary/aromatic N) is 3. The van der Waals surface area contributed by atoms with E-state index in [9.17, 15) is 4.79 Å². The van der Waals surface area contributed by atoms with Gasteiger partial charge in [-0.15, -0.1) is 11.3 Å². The van der Waals surface area contributed by atoms with Gasteiger partial charge in [-0.2, -0.15) is 0 Å². The highest BCUT2D eigenvalue weighted by molar-refractivity contribution is 7.09. The summed E-state index contributed by atoms with van der Waals surface area (Å²) in [7, 11) is 0. The Balaban J connectivity index is 1.31. The number of hydrogen-bond acceptors (Lipinski definition) is 6. The van der Waals surface area contributed by atoms with E-state index in [1.165, 1.54) is 5.56 Å². The van der Waals surface area contributed by atoms with Gasteiger partial charge in [0, 0.05) is 24.9 Å². The number of nitrogens with one attached hydrogen (secondary N) is 1. The van der Waals surface area contributed by atoms with E-state index < -0.39 is 0 Å². The third-order valence-corrected chi connectivity index (χ3v) is 5.81. The molecule has 1 saturated heterocycles. The minimum atomic E-state index is -0.0882. The van der Waals surface area contributed by atoms with Crippen molar-refractivity contribution in [1.29, 1.82) is 0 Å². The molecule has 0 unspecified atom stereocenters. The fourth-order valence-electron chi connectivity index (χ4n) is 3.66. The molecule has 0 aliphatic carbocycles. The van der Waals surface area contributed by atoms with Crippen molar-refractivity contribution in [3.8, 4) is 0 Å². The maximum Gasteiger partial charge on any atom is 0.230 e. The average molecular weight is 423 g/mol. The maximum absolute atomic E-state index is 12.4. The van der Waals surface area contributed by atoms with Crippen LogP contribution < -0.4 is 10.2 Å². The summed E-state index contributed by atoms with van der Waals surface area (Å²) in [4.78, 5) is 23.8. The molecule has 0 spiro atoms. The largest absolute Gasteiger partial charge is 0.372 e. The van der Waals surface area contributed by atoms with Crippen molar-refractivity contribution in [3.63, 3.8) is 0 Å². The van der Waals surface area contributed by atoms with Crippen LogP contribution in [0.3, 0.4) is 0 Å². The van der Waals surface area contributed by atoms with E-state index in [0.717, 1.165) is 36.0 Å². The Kier molecular flexibility index (Phi) is 6.40. The van der Waals surface area contributed by atoms with Crippen molar-refractivity contribution < 1.29 is 9.53 Å². The molecule has 3 heterocycles. The van der Waals surface area contributed by atoms with E-state index in [1.54, 1.807) is 17.5 Å². The molecular weight excluding hydrogens is 396 g/mol. The predicted molar refractivity (Wildman–Crippen MR) is 120 cm³/mol. The van der Waals surface area contributed by atoms with Gasteiger partial charge in [-0.3, -0.25) is 4.79 Å². The Hall–Kier alpha value is -2.77. The lowest BCUT2D eigenvalue weighted by atomic mass is 10.2. The molecule has 0 saturated carbocycles. The molecule has 4 rings (SSSR count). The van der Waals surface area contributed by atoms with Crippen LogP contribution >= 0.6 is 11.3 Å². The van der Waals surface area contributed by atoms with E-state index in [-0.39, 0.29) is 24.5 Å². The Morgan fingerprint density at radius 2 is 1.93 bits per heavy atom. The molecule has 2 aromatic heterocycles. The van der Waals surface area contributed by atoms with Crippen LogP contribution in [-0.4, -0.2) is 41.2 Å². The molecule has 7 heteroatoms. The molecular formula is C23H26N4O2S. The van der Waals surface area contributed by atoms with Crippen molar-refractivity contribution >= 4 is 28.7 Å². The van der Waals surface area contributed by atoms with Crippen LogP contribution in [0.4, 0.5) is 11.5 Å². The number of anilines is 2. The van der Waals surface area contributed by atoms with Crippen LogP contribution in [0.25, 0.3) is 0 Å². The summed E-state index contributed by atoms with van der Waals surface area (Å²) in [5, 5.41) is 5.89. The highest BCUT2D eigenvalue weighted by Gasteiger charge is 2.23. The number of aromatic nitrogens is 2. The number of ether oxygens (including phenoxy) is 1. The minimum Gasteiger partial charge on any atom is -0.372 e. The van der Waals surface area contributed by atoms with Crippen molar-refractivity contribution in [2.45, 2.75) is 38.9 Å². The molecule has 156 valence electrons. The number of pyridine rings is 1. The predicted octanol–water partition coefficient (Wildman–Crippen LogP) is 3.92. The van der Waals surface area contributed by atoms with Gasteiger partial charge in [0.05, 0.1) is 41.2 Å². The summed E-state index contributed by atoms with van der Waals surface area (Å²) in [6.45, 7) is 5.78. The molecule has 30 heavy (non-hydrogen) atoms. The first kappa shape index (κ1) is 20.5. The number of benzene rings is 1. The zero-order chi connectivity index (χ0) is 20.9. The number of morpholine rings is 1. The topological polar surface area (TPSA) is 67.4 Å². The fraction of sp³-hybridized carbons (Fsp3) is 0.348. The fourth-order valence-corrected chi connectivity index (χ4v) is 4.49. The van der Waals surface area contributed by atoms with Crippen molar-refractivity contribution in [3.05, 3.63) is 70.3 Å². The van der Waals surface area contributed by atoms with Gasteiger partial charge >= 0.3 is 0 Å². The molecule has 2 atom stereocenters. The van der Waals surface area contributed by atoms with Gasteiger partial charge in [0.1, 0.15) is 5.82 Å². The van der Waals surface area contributed by atoms with Crippen molar-refractivity contribution in [2.24, 2.45) is 0 Å². The molecule has 1 aliphatic heterocycles. The van der Waals surface area contributed by atoms with Gasteiger partial charge in [-0.25, -0.2) is 9.97 Å². The van der Waals surface area contributed by atoms with Crippen molar-refractivity contribution in [2.75, 3.05) is 23.3 Å². The molecule has 1 aliphatic rings. The van der Waals surface area contributed by atoms with Crippen LogP contribution in [0, 0.1) is 0 Å². The first-order valence-corrected chi connectivity index (χ1v) is 11.1. The minimum absolute atomic E-state index is 0.0882. The molecule has 6 nitrogen and oxygen atoms in total. The molecule has 3 aromatic rings. The summed E-state index contributed by atoms with van der Waals surface area (Å²) in [5.74, 6) is 0.815. The molecule has 1 amide bonds. The quantitative estimate of drug-likeness (QED) is 0.652. The van der Waals surface area contributed by atoms with Gasteiger partial charge in [-0.05, 0) is 31.5 Å². The highest BCUT2D eigenvalue weighted by Crippen LogP contribution is 2.20. The van der Waals surface area contributed by atoms with Crippen LogP contribution in [0.5, 0.6) is 0 Å². The highest BCUT2D eigenvalue weighted by atomic mass is 32.1. The standard InChI is InChI=1S/C23H26N4O2S/c1-16-13-27(14-17(2)29-16)21-9-8-19(12-24-21)25-22(28)11-20-15-30-23(26-20)10-18-6-4-3-5-7-18/h3-9,12,15-17H,10-11,13-14H2,1-2H3,(H,25,28)/t16-,17-/m0/s1. The second-order valence-corrected chi connectivity index (χ2v) is 8.63. The Bertz CT molecular complexity index is 964. The van der Waals surface area contributed by atoms with Crippen LogP contribution in [-0.2, 0) is 22.4 Å². The molecule has 0 bridgehead atoms. The second kappa shape index (κ2) is 9.36. The summed E-state index contributed by atoms with van der Waals surface area (Å²) < 4.78 is 5.77. The monoisotopic (exact) mass is 422 g/mol. The first-order chi connectivity index (χ1) is 14.5. The van der Waals surface area contributed by atoms with Gasteiger partial charge in [-0.1, -0.05) is 30.3 Å².